The minimum absolute atomic E-state index is 0.0782. The number of aryl methyl sites for hydroxylation is 2. The van der Waals surface area contributed by atoms with Gasteiger partial charge in [-0.2, -0.15) is 5.10 Å². The number of nitrogens with one attached hydrogen (secondary N) is 1. The summed E-state index contributed by atoms with van der Waals surface area (Å²) in [5, 5.41) is 16.2. The molecular formula is C26H24BrN3O2. The second-order valence-corrected chi connectivity index (χ2v) is 8.79. The number of hydrogen-bond acceptors (Lipinski definition) is 3. The maximum absolute atomic E-state index is 12.6. The molecule has 1 heterocycles. The topological polar surface area (TPSA) is 66.6 Å². The van der Waals surface area contributed by atoms with Gasteiger partial charge in [-0.1, -0.05) is 30.3 Å². The highest BCUT2D eigenvalue weighted by molar-refractivity contribution is 9.10. The van der Waals surface area contributed by atoms with Gasteiger partial charge in [0.2, 0.25) is 0 Å². The average Bonchev–Trinajstić information content (AvgIpc) is 2.95. The van der Waals surface area contributed by atoms with Crippen molar-refractivity contribution in [3.63, 3.8) is 0 Å². The lowest BCUT2D eigenvalue weighted by molar-refractivity contribution is 0.0952. The third-order valence-corrected chi connectivity index (χ3v) is 6.55. The number of hydrazone groups is 1. The third-order valence-electron chi connectivity index (χ3n) is 5.55. The molecule has 6 heteroatoms. The number of rotatable bonds is 4. The van der Waals surface area contributed by atoms with Crippen LogP contribution >= 0.6 is 15.9 Å². The lowest BCUT2D eigenvalue weighted by Crippen LogP contribution is -2.17. The molecule has 0 fully saturated rings. The number of amides is 1. The Morgan fingerprint density at radius 2 is 1.59 bits per heavy atom. The van der Waals surface area contributed by atoms with E-state index in [1.165, 1.54) is 11.1 Å². The van der Waals surface area contributed by atoms with Crippen molar-refractivity contribution in [2.45, 2.75) is 27.7 Å². The molecule has 0 radical (unpaired) electrons. The third kappa shape index (κ3) is 4.06. The highest BCUT2D eigenvalue weighted by atomic mass is 79.9. The molecule has 0 bridgehead atoms. The van der Waals surface area contributed by atoms with Gasteiger partial charge in [-0.25, -0.2) is 5.43 Å². The smallest absolute Gasteiger partial charge is 0.275 e. The zero-order valence-electron chi connectivity index (χ0n) is 18.4. The van der Waals surface area contributed by atoms with Crippen LogP contribution in [0.1, 0.15) is 38.4 Å². The number of carbonyl (C=O) groups excluding carboxylic acids is 1. The van der Waals surface area contributed by atoms with E-state index >= 15 is 0 Å². The summed E-state index contributed by atoms with van der Waals surface area (Å²) < 4.78 is 3.09. The highest BCUT2D eigenvalue weighted by Crippen LogP contribution is 2.30. The van der Waals surface area contributed by atoms with E-state index in [1.54, 1.807) is 18.3 Å². The molecule has 0 saturated heterocycles. The Morgan fingerprint density at radius 3 is 2.25 bits per heavy atom. The van der Waals surface area contributed by atoms with Crippen LogP contribution in [0.4, 0.5) is 0 Å². The minimum Gasteiger partial charge on any atom is -0.507 e. The van der Waals surface area contributed by atoms with Gasteiger partial charge in [0, 0.05) is 27.1 Å². The molecule has 1 aromatic heterocycles. The Labute approximate surface area is 195 Å². The molecule has 0 aliphatic heterocycles. The summed E-state index contributed by atoms with van der Waals surface area (Å²) in [6, 6.07) is 17.2. The van der Waals surface area contributed by atoms with E-state index in [0.717, 1.165) is 37.9 Å². The lowest BCUT2D eigenvalue weighted by Gasteiger charge is -2.11. The number of phenolic OH excluding ortho intramolecular Hbond substituents is 1. The second kappa shape index (κ2) is 8.63. The number of phenols is 1. The molecule has 0 unspecified atom stereocenters. The van der Waals surface area contributed by atoms with Crippen molar-refractivity contribution in [3.05, 3.63) is 92.7 Å². The first kappa shape index (κ1) is 21.8. The fraction of sp³-hybridized carbons (Fsp3) is 0.154. The van der Waals surface area contributed by atoms with Crippen LogP contribution in [0.5, 0.6) is 5.75 Å². The summed E-state index contributed by atoms with van der Waals surface area (Å²) in [4.78, 5) is 12.6. The molecule has 2 N–H and O–H groups in total. The molecule has 0 aliphatic rings. The molecule has 0 saturated carbocycles. The van der Waals surface area contributed by atoms with Crippen LogP contribution < -0.4 is 5.43 Å². The molecule has 0 spiro atoms. The van der Waals surface area contributed by atoms with Gasteiger partial charge < -0.3 is 9.67 Å². The van der Waals surface area contributed by atoms with E-state index in [4.69, 9.17) is 0 Å². The Morgan fingerprint density at radius 1 is 0.969 bits per heavy atom. The van der Waals surface area contributed by atoms with Crippen LogP contribution in [-0.4, -0.2) is 21.8 Å². The summed E-state index contributed by atoms with van der Waals surface area (Å²) in [5.41, 5.74) is 9.13. The maximum atomic E-state index is 12.6. The summed E-state index contributed by atoms with van der Waals surface area (Å²) >= 11 is 3.67. The second-order valence-electron chi connectivity index (χ2n) is 8.00. The predicted molar refractivity (Wildman–Crippen MR) is 133 cm³/mol. The van der Waals surface area contributed by atoms with Crippen LogP contribution in [0.2, 0.25) is 0 Å². The van der Waals surface area contributed by atoms with Crippen molar-refractivity contribution in [1.29, 1.82) is 0 Å². The number of aromatic nitrogens is 1. The van der Waals surface area contributed by atoms with Crippen molar-refractivity contribution in [2.24, 2.45) is 5.10 Å². The van der Waals surface area contributed by atoms with Crippen molar-refractivity contribution in [2.75, 3.05) is 0 Å². The normalized spacial score (nSPS) is 11.4. The molecule has 0 aliphatic carbocycles. The SMILES string of the molecule is Cc1cc(C)cc(-n2c(C)c(Br)c(/C=N\NC(=O)c3cc4ccccc4cc3O)c2C)c1. The van der Waals surface area contributed by atoms with E-state index in [-0.39, 0.29) is 11.3 Å². The predicted octanol–water partition coefficient (Wildman–Crippen LogP) is 6.10. The summed E-state index contributed by atoms with van der Waals surface area (Å²) in [6.07, 6.45) is 1.63. The van der Waals surface area contributed by atoms with Crippen LogP contribution in [0.25, 0.3) is 16.5 Å². The molecule has 3 aromatic carbocycles. The Kier molecular flexibility index (Phi) is 5.89. The number of carbonyl (C=O) groups is 1. The standard InChI is InChI=1S/C26H24BrN3O2/c1-15-9-16(2)11-21(10-15)30-17(3)23(25(27)18(30)4)14-28-29-26(32)22-12-19-7-5-6-8-20(19)13-24(22)31/h5-14,31H,1-4H3,(H,29,32)/b28-14-. The maximum Gasteiger partial charge on any atom is 0.275 e. The molecule has 32 heavy (non-hydrogen) atoms. The molecule has 4 aromatic rings. The summed E-state index contributed by atoms with van der Waals surface area (Å²) in [7, 11) is 0. The Balaban J connectivity index is 1.62. The van der Waals surface area contributed by atoms with Gasteiger partial charge in [0.25, 0.3) is 5.91 Å². The lowest BCUT2D eigenvalue weighted by atomic mass is 10.1. The Bertz CT molecular complexity index is 1370. The van der Waals surface area contributed by atoms with Crippen molar-refractivity contribution in [1.82, 2.24) is 9.99 Å². The number of halogens is 1. The van der Waals surface area contributed by atoms with Gasteiger partial charge in [-0.3, -0.25) is 4.79 Å². The van der Waals surface area contributed by atoms with Crippen molar-refractivity contribution < 1.29 is 9.90 Å². The minimum atomic E-state index is -0.469. The van der Waals surface area contributed by atoms with Crippen molar-refractivity contribution in [3.8, 4) is 11.4 Å². The molecule has 4 rings (SSSR count). The molecular weight excluding hydrogens is 466 g/mol. The molecule has 1 amide bonds. The average molecular weight is 490 g/mol. The zero-order chi connectivity index (χ0) is 23.0. The quantitative estimate of drug-likeness (QED) is 0.268. The van der Waals surface area contributed by atoms with E-state index in [9.17, 15) is 9.90 Å². The fourth-order valence-corrected chi connectivity index (χ4v) is 4.63. The first-order valence-electron chi connectivity index (χ1n) is 10.3. The van der Waals surface area contributed by atoms with Crippen LogP contribution in [0.15, 0.2) is 64.2 Å². The number of benzene rings is 3. The van der Waals surface area contributed by atoms with Crippen LogP contribution in [0.3, 0.4) is 0 Å². The first-order valence-corrected chi connectivity index (χ1v) is 11.1. The molecule has 162 valence electrons. The van der Waals surface area contributed by atoms with Gasteiger partial charge >= 0.3 is 0 Å². The highest BCUT2D eigenvalue weighted by Gasteiger charge is 2.17. The largest absolute Gasteiger partial charge is 0.507 e. The monoisotopic (exact) mass is 489 g/mol. The Hall–Kier alpha value is -3.38. The van der Waals surface area contributed by atoms with Gasteiger partial charge in [0.05, 0.1) is 11.8 Å². The molecule has 5 nitrogen and oxygen atoms in total. The summed E-state index contributed by atoms with van der Waals surface area (Å²) in [6.45, 7) is 8.23. The fourth-order valence-electron chi connectivity index (χ4n) is 4.07. The molecule has 0 atom stereocenters. The van der Waals surface area contributed by atoms with E-state index in [2.05, 4.69) is 63.1 Å². The van der Waals surface area contributed by atoms with Gasteiger partial charge in [-0.05, 0) is 89.8 Å². The van der Waals surface area contributed by atoms with E-state index in [1.807, 2.05) is 38.1 Å². The zero-order valence-corrected chi connectivity index (χ0v) is 20.0. The number of nitrogens with zero attached hydrogens (tertiary/aromatic N) is 2. The van der Waals surface area contributed by atoms with Crippen LogP contribution in [0, 0.1) is 27.7 Å². The first-order chi connectivity index (χ1) is 15.3. The van der Waals surface area contributed by atoms with Gasteiger partial charge in [0.1, 0.15) is 5.75 Å². The summed E-state index contributed by atoms with van der Waals surface area (Å²) in [5.74, 6) is -0.547. The number of aromatic hydroxyl groups is 1. The van der Waals surface area contributed by atoms with Crippen molar-refractivity contribution >= 4 is 38.8 Å². The number of fused-ring (bicyclic) bond motifs is 1. The van der Waals surface area contributed by atoms with E-state index < -0.39 is 5.91 Å². The number of hydrogen-bond donors (Lipinski definition) is 2. The van der Waals surface area contributed by atoms with Gasteiger partial charge in [-0.15, -0.1) is 0 Å². The van der Waals surface area contributed by atoms with Gasteiger partial charge in [0.15, 0.2) is 0 Å². The van der Waals surface area contributed by atoms with E-state index in [0.29, 0.717) is 0 Å². The van der Waals surface area contributed by atoms with Crippen LogP contribution in [-0.2, 0) is 0 Å².